The monoisotopic (exact) mass is 687 g/mol. The molecule has 3 amide bonds. The van der Waals surface area contributed by atoms with Gasteiger partial charge < -0.3 is 39.5 Å². The highest BCUT2D eigenvalue weighted by molar-refractivity contribution is 6.06. The van der Waals surface area contributed by atoms with Crippen LogP contribution in [0, 0.1) is 5.92 Å². The van der Waals surface area contributed by atoms with Crippen molar-refractivity contribution in [3.8, 4) is 23.0 Å². The third-order valence-corrected chi connectivity index (χ3v) is 8.67. The van der Waals surface area contributed by atoms with E-state index in [1.807, 2.05) is 53.4 Å². The van der Waals surface area contributed by atoms with Crippen LogP contribution in [0.3, 0.4) is 0 Å². The van der Waals surface area contributed by atoms with E-state index in [9.17, 15) is 9.59 Å². The normalized spacial score (nSPS) is 13.7. The largest absolute Gasteiger partial charge is 0.493 e. The van der Waals surface area contributed by atoms with E-state index in [4.69, 9.17) is 14.2 Å². The highest BCUT2D eigenvalue weighted by Gasteiger charge is 2.22. The van der Waals surface area contributed by atoms with Gasteiger partial charge in [0.1, 0.15) is 17.6 Å². The van der Waals surface area contributed by atoms with Crippen LogP contribution in [0.25, 0.3) is 0 Å². The number of methoxy groups -OCH3 is 1. The molecule has 1 heterocycles. The number of ether oxygens (including phenoxy) is 3. The van der Waals surface area contributed by atoms with Crippen molar-refractivity contribution in [3.63, 3.8) is 0 Å². The summed E-state index contributed by atoms with van der Waals surface area (Å²) in [6.45, 7) is 11.9. The lowest BCUT2D eigenvalue weighted by molar-refractivity contribution is 0.0978. The molecule has 0 bridgehead atoms. The molecule has 0 atom stereocenters. The number of hydrogen-bond donors (Lipinski definition) is 2. The van der Waals surface area contributed by atoms with E-state index in [0.717, 1.165) is 69.7 Å². The summed E-state index contributed by atoms with van der Waals surface area (Å²) in [6, 6.07) is 20.0. The summed E-state index contributed by atoms with van der Waals surface area (Å²) >= 11 is 0. The molecular weight excluding hydrogens is 630 g/mol. The zero-order valence-electron chi connectivity index (χ0n) is 30.9. The molecule has 0 radical (unpaired) electrons. The number of likely N-dealkylation sites (tertiary alicyclic amines) is 1. The van der Waals surface area contributed by atoms with E-state index >= 15 is 0 Å². The average Bonchev–Trinajstić information content (AvgIpc) is 3.10. The van der Waals surface area contributed by atoms with Crippen LogP contribution in [0.1, 0.15) is 69.7 Å². The fraction of sp³-hybridized carbons (Fsp3) is 0.500. The molecule has 3 aromatic rings. The van der Waals surface area contributed by atoms with E-state index in [1.165, 1.54) is 6.42 Å². The molecule has 2 N–H and O–H groups in total. The van der Waals surface area contributed by atoms with Gasteiger partial charge in [0.15, 0.2) is 11.5 Å². The van der Waals surface area contributed by atoms with Crippen molar-refractivity contribution in [2.45, 2.75) is 65.4 Å². The van der Waals surface area contributed by atoms with Gasteiger partial charge in [-0.25, -0.2) is 4.79 Å². The number of carbonyl (C=O) groups is 2. The molecule has 0 unspecified atom stereocenters. The summed E-state index contributed by atoms with van der Waals surface area (Å²) in [4.78, 5) is 32.6. The van der Waals surface area contributed by atoms with Gasteiger partial charge in [-0.05, 0) is 119 Å². The number of urea groups is 1. The zero-order valence-corrected chi connectivity index (χ0v) is 30.9. The number of hydrogen-bond acceptors (Lipinski definition) is 7. The van der Waals surface area contributed by atoms with E-state index < -0.39 is 0 Å². The van der Waals surface area contributed by atoms with Gasteiger partial charge in [0.25, 0.3) is 5.91 Å². The lowest BCUT2D eigenvalue weighted by Gasteiger charge is -2.32. The molecule has 0 aliphatic carbocycles. The number of amides is 3. The van der Waals surface area contributed by atoms with E-state index in [2.05, 4.69) is 55.3 Å². The number of rotatable bonds is 18. The van der Waals surface area contributed by atoms with Gasteiger partial charge >= 0.3 is 6.03 Å². The van der Waals surface area contributed by atoms with E-state index in [-0.39, 0.29) is 24.0 Å². The molecule has 50 heavy (non-hydrogen) atoms. The number of nitrogens with zero attached hydrogens (tertiary/aromatic N) is 3. The van der Waals surface area contributed by atoms with Crippen molar-refractivity contribution in [3.05, 3.63) is 72.3 Å². The van der Waals surface area contributed by atoms with Crippen LogP contribution < -0.4 is 29.7 Å². The molecular formula is C40H57N5O5. The standard InChI is InChI=1S/C40H57N5O5/c1-7-8-9-23-41-40(47)42-32-13-20-37(38(28-32)48-6)50-35-18-14-33(15-19-35)45(29-30(2)3)39(46)31-11-16-34(17-12-31)49-36-21-26-44(27-22-36)25-10-24-43(4)5/h11-20,28,30,36H,7-10,21-27,29H2,1-6H3,(H2,41,42,47). The van der Waals surface area contributed by atoms with Gasteiger partial charge in [-0.15, -0.1) is 0 Å². The topological polar surface area (TPSA) is 95.6 Å². The second-order valence-corrected chi connectivity index (χ2v) is 13.7. The van der Waals surface area contributed by atoms with Crippen molar-refractivity contribution in [1.82, 2.24) is 15.1 Å². The highest BCUT2D eigenvalue weighted by Crippen LogP contribution is 2.35. The summed E-state index contributed by atoms with van der Waals surface area (Å²) in [5.74, 6) is 2.60. The summed E-state index contributed by atoms with van der Waals surface area (Å²) in [5.41, 5.74) is 2.00. The summed E-state index contributed by atoms with van der Waals surface area (Å²) in [7, 11) is 5.80. The first-order chi connectivity index (χ1) is 24.1. The molecule has 1 aliphatic heterocycles. The minimum Gasteiger partial charge on any atom is -0.493 e. The first-order valence-electron chi connectivity index (χ1n) is 18.1. The van der Waals surface area contributed by atoms with Crippen molar-refractivity contribution in [1.29, 1.82) is 0 Å². The first kappa shape index (κ1) is 38.5. The van der Waals surface area contributed by atoms with E-state index in [1.54, 1.807) is 25.3 Å². The van der Waals surface area contributed by atoms with Crippen LogP contribution in [-0.4, -0.2) is 88.3 Å². The molecule has 10 nitrogen and oxygen atoms in total. The van der Waals surface area contributed by atoms with Crippen molar-refractivity contribution in [2.24, 2.45) is 5.92 Å². The van der Waals surface area contributed by atoms with Crippen LogP contribution >= 0.6 is 0 Å². The van der Waals surface area contributed by atoms with Crippen molar-refractivity contribution >= 4 is 23.3 Å². The Kier molecular flexibility index (Phi) is 15.2. The van der Waals surface area contributed by atoms with Gasteiger partial charge in [0.05, 0.1) is 7.11 Å². The number of nitrogens with one attached hydrogen (secondary N) is 2. The van der Waals surface area contributed by atoms with Gasteiger partial charge in [-0.2, -0.15) is 0 Å². The average molecular weight is 688 g/mol. The Balaban J connectivity index is 1.34. The Morgan fingerprint density at radius 1 is 0.900 bits per heavy atom. The van der Waals surface area contributed by atoms with Crippen LogP contribution in [0.5, 0.6) is 23.0 Å². The lowest BCUT2D eigenvalue weighted by Crippen LogP contribution is -2.39. The number of carbonyl (C=O) groups excluding carboxylic acids is 2. The summed E-state index contributed by atoms with van der Waals surface area (Å²) < 4.78 is 18.0. The second kappa shape index (κ2) is 19.8. The fourth-order valence-corrected chi connectivity index (χ4v) is 5.96. The first-order valence-corrected chi connectivity index (χ1v) is 18.1. The number of anilines is 2. The summed E-state index contributed by atoms with van der Waals surface area (Å²) in [6.07, 6.45) is 6.53. The van der Waals surface area contributed by atoms with Gasteiger partial charge in [0, 0.05) is 49.2 Å². The molecule has 0 aromatic heterocycles. The maximum absolute atomic E-state index is 13.8. The second-order valence-electron chi connectivity index (χ2n) is 13.7. The molecule has 1 aliphatic rings. The number of benzene rings is 3. The molecule has 1 saturated heterocycles. The minimum atomic E-state index is -0.255. The Bertz CT molecular complexity index is 1470. The highest BCUT2D eigenvalue weighted by atomic mass is 16.5. The van der Waals surface area contributed by atoms with Crippen molar-refractivity contribution < 1.29 is 23.8 Å². The van der Waals surface area contributed by atoms with E-state index in [0.29, 0.717) is 41.6 Å². The summed E-state index contributed by atoms with van der Waals surface area (Å²) in [5, 5.41) is 5.71. The van der Waals surface area contributed by atoms with Crippen molar-refractivity contribution in [2.75, 3.05) is 70.7 Å². The number of piperidine rings is 1. The Morgan fingerprint density at radius 3 is 2.24 bits per heavy atom. The van der Waals surface area contributed by atoms with Gasteiger partial charge in [-0.1, -0.05) is 33.6 Å². The third kappa shape index (κ3) is 12.2. The molecule has 10 heteroatoms. The maximum Gasteiger partial charge on any atom is 0.319 e. The minimum absolute atomic E-state index is 0.0656. The molecule has 0 spiro atoms. The third-order valence-electron chi connectivity index (χ3n) is 8.67. The predicted octanol–water partition coefficient (Wildman–Crippen LogP) is 7.90. The smallest absolute Gasteiger partial charge is 0.319 e. The number of unbranched alkanes of at least 4 members (excludes halogenated alkanes) is 2. The Labute approximate surface area is 299 Å². The van der Waals surface area contributed by atoms with Crippen LogP contribution in [-0.2, 0) is 0 Å². The Hall–Kier alpha value is -4.28. The van der Waals surface area contributed by atoms with Gasteiger partial charge in [0.2, 0.25) is 0 Å². The van der Waals surface area contributed by atoms with Crippen LogP contribution in [0.2, 0.25) is 0 Å². The van der Waals surface area contributed by atoms with Crippen LogP contribution in [0.15, 0.2) is 66.7 Å². The zero-order chi connectivity index (χ0) is 35.9. The Morgan fingerprint density at radius 2 is 1.60 bits per heavy atom. The lowest BCUT2D eigenvalue weighted by atomic mass is 10.1. The van der Waals surface area contributed by atoms with Crippen LogP contribution in [0.4, 0.5) is 16.2 Å². The molecule has 0 saturated carbocycles. The molecule has 272 valence electrons. The fourth-order valence-electron chi connectivity index (χ4n) is 5.96. The predicted molar refractivity (Wildman–Crippen MR) is 202 cm³/mol. The SMILES string of the molecule is CCCCCNC(=O)Nc1ccc(Oc2ccc(N(CC(C)C)C(=O)c3ccc(OC4CCN(CCCN(C)C)CC4)cc3)cc2)c(OC)c1. The molecule has 4 rings (SSSR count). The maximum atomic E-state index is 13.8. The molecule has 1 fully saturated rings. The quantitative estimate of drug-likeness (QED) is 0.131. The molecule has 3 aromatic carbocycles. The van der Waals surface area contributed by atoms with Gasteiger partial charge in [-0.3, -0.25) is 4.79 Å².